The Bertz CT molecular complexity index is 612. The highest BCUT2D eigenvalue weighted by Gasteiger charge is 2.28. The molecule has 21 heavy (non-hydrogen) atoms. The van der Waals surface area contributed by atoms with Crippen LogP contribution in [0.4, 0.5) is 0 Å². The molecule has 2 unspecified atom stereocenters. The molecule has 0 spiro atoms. The van der Waals surface area contributed by atoms with Gasteiger partial charge in [0.1, 0.15) is 11.1 Å². The van der Waals surface area contributed by atoms with Gasteiger partial charge in [0, 0.05) is 6.61 Å². The second-order valence-electron chi connectivity index (χ2n) is 6.12. The number of fused-ring (bicyclic) bond motifs is 1. The van der Waals surface area contributed by atoms with Gasteiger partial charge < -0.3 is 10.5 Å². The number of ether oxygens (including phenoxy) is 1. The molecule has 2 N–H and O–H groups in total. The molecule has 2 aliphatic rings. The highest BCUT2D eigenvalue weighted by atomic mass is 32.1. The highest BCUT2D eigenvalue weighted by molar-refractivity contribution is 7.16. The summed E-state index contributed by atoms with van der Waals surface area (Å²) < 4.78 is 7.55. The van der Waals surface area contributed by atoms with E-state index in [1.54, 1.807) is 11.3 Å². The minimum absolute atomic E-state index is 0.0364. The highest BCUT2D eigenvalue weighted by Crippen LogP contribution is 2.35. The van der Waals surface area contributed by atoms with Gasteiger partial charge in [-0.1, -0.05) is 30.6 Å². The summed E-state index contributed by atoms with van der Waals surface area (Å²) in [6.45, 7) is 0.804. The Balaban J connectivity index is 1.61. The Morgan fingerprint density at radius 3 is 2.76 bits per heavy atom. The third-order valence-electron chi connectivity index (χ3n) is 4.69. The summed E-state index contributed by atoms with van der Waals surface area (Å²) in [4.78, 5) is 0.835. The first-order valence-electron chi connectivity index (χ1n) is 7.92. The van der Waals surface area contributed by atoms with E-state index in [4.69, 9.17) is 15.6 Å². The molecule has 1 aliphatic carbocycles. The molecule has 2 atom stereocenters. The Hall–Kier alpha value is -1.05. The van der Waals surface area contributed by atoms with E-state index in [9.17, 15) is 0 Å². The number of hydrogen-bond acceptors (Lipinski definition) is 6. The minimum Gasteiger partial charge on any atom is -0.370 e. The SMILES string of the molecule is NC(c1nn2c(C3CCCO3)nnc2s1)C1CCCCC1. The summed E-state index contributed by atoms with van der Waals surface area (Å²) in [5.41, 5.74) is 6.45. The predicted molar refractivity (Wildman–Crippen MR) is 80.1 cm³/mol. The van der Waals surface area contributed by atoms with Crippen LogP contribution in [0.1, 0.15) is 67.9 Å². The van der Waals surface area contributed by atoms with E-state index in [0.717, 1.165) is 35.2 Å². The standard InChI is InChI=1S/C14H21N5OS/c15-11(9-5-2-1-3-6-9)13-18-19-12(10-7-4-8-20-10)16-17-14(19)21-13/h9-11H,1-8,15H2. The predicted octanol–water partition coefficient (Wildman–Crippen LogP) is 2.62. The van der Waals surface area contributed by atoms with E-state index < -0.39 is 0 Å². The molecule has 1 saturated heterocycles. The smallest absolute Gasteiger partial charge is 0.234 e. The van der Waals surface area contributed by atoms with Gasteiger partial charge in [-0.25, -0.2) is 0 Å². The first kappa shape index (κ1) is 13.6. The second-order valence-corrected chi connectivity index (χ2v) is 7.11. The lowest BCUT2D eigenvalue weighted by Gasteiger charge is -2.25. The van der Waals surface area contributed by atoms with Crippen LogP contribution in [0.25, 0.3) is 4.96 Å². The van der Waals surface area contributed by atoms with Crippen molar-refractivity contribution in [3.63, 3.8) is 0 Å². The van der Waals surface area contributed by atoms with Crippen molar-refractivity contribution in [1.29, 1.82) is 0 Å². The van der Waals surface area contributed by atoms with Gasteiger partial charge in [0.2, 0.25) is 4.96 Å². The lowest BCUT2D eigenvalue weighted by Crippen LogP contribution is -2.23. The molecule has 2 aromatic rings. The third kappa shape index (κ3) is 2.47. The van der Waals surface area contributed by atoms with Crippen LogP contribution in [0.3, 0.4) is 0 Å². The van der Waals surface area contributed by atoms with E-state index in [0.29, 0.717) is 5.92 Å². The Kier molecular flexibility index (Phi) is 3.64. The zero-order valence-corrected chi connectivity index (χ0v) is 12.9. The fourth-order valence-corrected chi connectivity index (χ4v) is 4.40. The molecule has 0 amide bonds. The molecule has 2 fully saturated rings. The molecule has 4 rings (SSSR count). The fourth-order valence-electron chi connectivity index (χ4n) is 3.46. The van der Waals surface area contributed by atoms with Crippen LogP contribution in [-0.4, -0.2) is 26.4 Å². The van der Waals surface area contributed by atoms with Crippen LogP contribution < -0.4 is 5.73 Å². The molecule has 6 nitrogen and oxygen atoms in total. The summed E-state index contributed by atoms with van der Waals surface area (Å²) in [7, 11) is 0. The van der Waals surface area contributed by atoms with E-state index in [1.165, 1.54) is 32.1 Å². The largest absolute Gasteiger partial charge is 0.370 e. The van der Waals surface area contributed by atoms with Crippen molar-refractivity contribution in [1.82, 2.24) is 19.8 Å². The summed E-state index contributed by atoms with van der Waals surface area (Å²) in [5.74, 6) is 1.40. The molecule has 0 aromatic carbocycles. The van der Waals surface area contributed by atoms with Crippen LogP contribution in [0.5, 0.6) is 0 Å². The number of rotatable bonds is 3. The van der Waals surface area contributed by atoms with Crippen molar-refractivity contribution in [3.05, 3.63) is 10.8 Å². The van der Waals surface area contributed by atoms with Gasteiger partial charge >= 0.3 is 0 Å². The summed E-state index contributed by atoms with van der Waals surface area (Å²) in [5, 5.41) is 14.2. The maximum atomic E-state index is 6.45. The van der Waals surface area contributed by atoms with Crippen LogP contribution in [-0.2, 0) is 4.74 Å². The fraction of sp³-hybridized carbons (Fsp3) is 0.786. The van der Waals surface area contributed by atoms with Gasteiger partial charge in [0.15, 0.2) is 5.82 Å². The molecule has 1 saturated carbocycles. The van der Waals surface area contributed by atoms with Gasteiger partial charge in [-0.15, -0.1) is 10.2 Å². The van der Waals surface area contributed by atoms with E-state index in [1.807, 2.05) is 4.52 Å². The van der Waals surface area contributed by atoms with Crippen molar-refractivity contribution in [3.8, 4) is 0 Å². The summed E-state index contributed by atoms with van der Waals surface area (Å²) >= 11 is 1.58. The van der Waals surface area contributed by atoms with Crippen LogP contribution in [0, 0.1) is 5.92 Å². The zero-order chi connectivity index (χ0) is 14.2. The lowest BCUT2D eigenvalue weighted by atomic mass is 9.84. The lowest BCUT2D eigenvalue weighted by molar-refractivity contribution is 0.103. The first-order chi connectivity index (χ1) is 10.3. The van der Waals surface area contributed by atoms with Gasteiger partial charge in [0.05, 0.1) is 6.04 Å². The number of hydrogen-bond donors (Lipinski definition) is 1. The van der Waals surface area contributed by atoms with Crippen molar-refractivity contribution in [2.45, 2.75) is 57.1 Å². The first-order valence-corrected chi connectivity index (χ1v) is 8.74. The molecule has 0 radical (unpaired) electrons. The summed E-state index contributed by atoms with van der Waals surface area (Å²) in [6, 6.07) is 0.0364. The Morgan fingerprint density at radius 1 is 1.14 bits per heavy atom. The molecule has 1 aliphatic heterocycles. The van der Waals surface area contributed by atoms with Crippen molar-refractivity contribution in [2.24, 2.45) is 11.7 Å². The van der Waals surface area contributed by atoms with Gasteiger partial charge in [-0.05, 0) is 31.6 Å². The third-order valence-corrected chi connectivity index (χ3v) is 5.69. The van der Waals surface area contributed by atoms with Crippen molar-refractivity contribution >= 4 is 16.3 Å². The van der Waals surface area contributed by atoms with Gasteiger partial charge in [0.25, 0.3) is 0 Å². The summed E-state index contributed by atoms with van der Waals surface area (Å²) in [6.07, 6.45) is 8.51. The normalized spacial score (nSPS) is 25.7. The molecule has 0 bridgehead atoms. The average molecular weight is 307 g/mol. The van der Waals surface area contributed by atoms with Gasteiger partial charge in [-0.3, -0.25) is 0 Å². The van der Waals surface area contributed by atoms with E-state index >= 15 is 0 Å². The van der Waals surface area contributed by atoms with Crippen LogP contribution in [0.15, 0.2) is 0 Å². The quantitative estimate of drug-likeness (QED) is 0.943. The van der Waals surface area contributed by atoms with E-state index in [-0.39, 0.29) is 12.1 Å². The average Bonchev–Trinajstić information content (AvgIpc) is 3.23. The monoisotopic (exact) mass is 307 g/mol. The van der Waals surface area contributed by atoms with Crippen molar-refractivity contribution < 1.29 is 4.74 Å². The molecule has 114 valence electrons. The van der Waals surface area contributed by atoms with E-state index in [2.05, 4.69) is 10.2 Å². The zero-order valence-electron chi connectivity index (χ0n) is 12.1. The molecule has 2 aromatic heterocycles. The maximum absolute atomic E-state index is 6.45. The van der Waals surface area contributed by atoms with Crippen molar-refractivity contribution in [2.75, 3.05) is 6.61 Å². The number of nitrogens with two attached hydrogens (primary N) is 1. The second kappa shape index (κ2) is 5.62. The molecular weight excluding hydrogens is 286 g/mol. The minimum atomic E-state index is 0.0364. The molecule has 3 heterocycles. The van der Waals surface area contributed by atoms with Gasteiger partial charge in [-0.2, -0.15) is 9.61 Å². The Morgan fingerprint density at radius 2 is 2.00 bits per heavy atom. The van der Waals surface area contributed by atoms with Crippen LogP contribution in [0.2, 0.25) is 0 Å². The Labute approximate surface area is 127 Å². The number of nitrogens with zero attached hydrogens (tertiary/aromatic N) is 4. The topological polar surface area (TPSA) is 78.3 Å². The van der Waals surface area contributed by atoms with Crippen LogP contribution >= 0.6 is 11.3 Å². The molecular formula is C14H21N5OS. The number of aromatic nitrogens is 4. The molecule has 7 heteroatoms. The maximum Gasteiger partial charge on any atom is 0.234 e.